The highest BCUT2D eigenvalue weighted by atomic mass is 79.9. The molecule has 0 radical (unpaired) electrons. The Hall–Kier alpha value is -0.540. The number of nitrogens with two attached hydrogens (primary N) is 1. The first kappa shape index (κ1) is 11.0. The lowest BCUT2D eigenvalue weighted by Gasteiger charge is -2.13. The Morgan fingerprint density at radius 1 is 1.33 bits per heavy atom. The molecule has 0 unspecified atom stereocenters. The van der Waals surface area contributed by atoms with Gasteiger partial charge < -0.3 is 11.1 Å². The topological polar surface area (TPSA) is 38.0 Å². The molecule has 1 saturated carbocycles. The van der Waals surface area contributed by atoms with E-state index in [1.807, 2.05) is 18.2 Å². The van der Waals surface area contributed by atoms with Gasteiger partial charge in [-0.2, -0.15) is 0 Å². The predicted octanol–water partition coefficient (Wildman–Crippen LogP) is 3.06. The highest BCUT2D eigenvalue weighted by Crippen LogP contribution is 2.22. The van der Waals surface area contributed by atoms with E-state index in [9.17, 15) is 0 Å². The molecule has 0 amide bonds. The van der Waals surface area contributed by atoms with Crippen LogP contribution >= 0.6 is 15.9 Å². The molecule has 0 heterocycles. The lowest BCUT2D eigenvalue weighted by atomic mass is 10.2. The second kappa shape index (κ2) is 4.99. The number of hydrogen-bond acceptors (Lipinski definition) is 2. The molecule has 1 aliphatic rings. The van der Waals surface area contributed by atoms with Crippen LogP contribution in [0.25, 0.3) is 0 Å². The SMILES string of the molecule is Nc1ccc(Br)c(CNC2CCCC2)c1. The lowest BCUT2D eigenvalue weighted by molar-refractivity contribution is 0.523. The van der Waals surface area contributed by atoms with Crippen LogP contribution in [0, 0.1) is 0 Å². The maximum absolute atomic E-state index is 5.76. The van der Waals surface area contributed by atoms with E-state index in [0.29, 0.717) is 6.04 Å². The summed E-state index contributed by atoms with van der Waals surface area (Å²) in [5.74, 6) is 0. The van der Waals surface area contributed by atoms with Crippen molar-refractivity contribution in [1.82, 2.24) is 5.32 Å². The molecule has 3 N–H and O–H groups in total. The van der Waals surface area contributed by atoms with Gasteiger partial charge in [0, 0.05) is 22.7 Å². The van der Waals surface area contributed by atoms with Crippen LogP contribution in [-0.4, -0.2) is 6.04 Å². The zero-order valence-electron chi connectivity index (χ0n) is 8.80. The van der Waals surface area contributed by atoms with E-state index in [-0.39, 0.29) is 0 Å². The smallest absolute Gasteiger partial charge is 0.0318 e. The Kier molecular flexibility index (Phi) is 3.65. The van der Waals surface area contributed by atoms with Crippen LogP contribution in [0.15, 0.2) is 22.7 Å². The van der Waals surface area contributed by atoms with Crippen molar-refractivity contribution >= 4 is 21.6 Å². The molecule has 3 heteroatoms. The fourth-order valence-corrected chi connectivity index (χ4v) is 2.50. The Bertz CT molecular complexity index is 332. The van der Waals surface area contributed by atoms with Crippen LogP contribution in [0.4, 0.5) is 5.69 Å². The van der Waals surface area contributed by atoms with Gasteiger partial charge in [0.25, 0.3) is 0 Å². The maximum atomic E-state index is 5.76. The summed E-state index contributed by atoms with van der Waals surface area (Å²) in [6.07, 6.45) is 5.38. The van der Waals surface area contributed by atoms with E-state index >= 15 is 0 Å². The van der Waals surface area contributed by atoms with Crippen molar-refractivity contribution in [2.75, 3.05) is 5.73 Å². The summed E-state index contributed by atoms with van der Waals surface area (Å²) in [5, 5.41) is 3.58. The summed E-state index contributed by atoms with van der Waals surface area (Å²) in [6, 6.07) is 6.68. The zero-order chi connectivity index (χ0) is 10.7. The van der Waals surface area contributed by atoms with Gasteiger partial charge in [0.1, 0.15) is 0 Å². The molecule has 1 aliphatic carbocycles. The summed E-state index contributed by atoms with van der Waals surface area (Å²) in [6.45, 7) is 0.913. The third kappa shape index (κ3) is 2.95. The van der Waals surface area contributed by atoms with Crippen molar-refractivity contribution in [3.63, 3.8) is 0 Å². The average Bonchev–Trinajstić information content (AvgIpc) is 2.72. The molecule has 0 spiro atoms. The van der Waals surface area contributed by atoms with E-state index in [0.717, 1.165) is 16.7 Å². The van der Waals surface area contributed by atoms with Crippen molar-refractivity contribution in [3.05, 3.63) is 28.2 Å². The van der Waals surface area contributed by atoms with Crippen LogP contribution in [0.5, 0.6) is 0 Å². The number of hydrogen-bond donors (Lipinski definition) is 2. The number of rotatable bonds is 3. The molecule has 0 bridgehead atoms. The van der Waals surface area contributed by atoms with Gasteiger partial charge in [-0.25, -0.2) is 0 Å². The summed E-state index contributed by atoms with van der Waals surface area (Å²) in [5.41, 5.74) is 7.85. The highest BCUT2D eigenvalue weighted by Gasteiger charge is 2.14. The minimum Gasteiger partial charge on any atom is -0.399 e. The Morgan fingerprint density at radius 3 is 2.80 bits per heavy atom. The Morgan fingerprint density at radius 2 is 2.07 bits per heavy atom. The summed E-state index contributed by atoms with van der Waals surface area (Å²) in [7, 11) is 0. The number of benzene rings is 1. The van der Waals surface area contributed by atoms with Gasteiger partial charge in [0.2, 0.25) is 0 Å². The first-order valence-electron chi connectivity index (χ1n) is 5.53. The molecular formula is C12H17BrN2. The number of halogens is 1. The van der Waals surface area contributed by atoms with Gasteiger partial charge in [-0.3, -0.25) is 0 Å². The third-order valence-electron chi connectivity index (χ3n) is 3.01. The van der Waals surface area contributed by atoms with E-state index in [1.165, 1.54) is 31.2 Å². The molecular weight excluding hydrogens is 252 g/mol. The van der Waals surface area contributed by atoms with Gasteiger partial charge in [0.15, 0.2) is 0 Å². The van der Waals surface area contributed by atoms with Gasteiger partial charge >= 0.3 is 0 Å². The summed E-state index contributed by atoms with van der Waals surface area (Å²) < 4.78 is 1.14. The van der Waals surface area contributed by atoms with Crippen molar-refractivity contribution in [3.8, 4) is 0 Å². The largest absolute Gasteiger partial charge is 0.399 e. The quantitative estimate of drug-likeness (QED) is 0.828. The second-order valence-corrected chi connectivity index (χ2v) is 5.07. The molecule has 1 aromatic carbocycles. The minimum atomic E-state index is 0.707. The van der Waals surface area contributed by atoms with Crippen molar-refractivity contribution in [2.45, 2.75) is 38.3 Å². The normalized spacial score (nSPS) is 17.1. The highest BCUT2D eigenvalue weighted by molar-refractivity contribution is 9.10. The monoisotopic (exact) mass is 268 g/mol. The van der Waals surface area contributed by atoms with Crippen LogP contribution in [-0.2, 0) is 6.54 Å². The van der Waals surface area contributed by atoms with E-state index in [1.54, 1.807) is 0 Å². The molecule has 2 rings (SSSR count). The molecule has 1 fully saturated rings. The number of nitrogens with one attached hydrogen (secondary N) is 1. The summed E-state index contributed by atoms with van der Waals surface area (Å²) >= 11 is 3.54. The molecule has 82 valence electrons. The predicted molar refractivity (Wildman–Crippen MR) is 67.7 cm³/mol. The number of nitrogen functional groups attached to an aromatic ring is 1. The molecule has 15 heavy (non-hydrogen) atoms. The first-order chi connectivity index (χ1) is 7.25. The van der Waals surface area contributed by atoms with Gasteiger partial charge in [0.05, 0.1) is 0 Å². The standard InChI is InChI=1S/C12H17BrN2/c13-12-6-5-10(14)7-9(12)8-15-11-3-1-2-4-11/h5-7,11,15H,1-4,8,14H2. The maximum Gasteiger partial charge on any atom is 0.0318 e. The van der Waals surface area contributed by atoms with E-state index in [2.05, 4.69) is 21.2 Å². The molecule has 2 nitrogen and oxygen atoms in total. The van der Waals surface area contributed by atoms with Crippen LogP contribution < -0.4 is 11.1 Å². The van der Waals surface area contributed by atoms with Crippen molar-refractivity contribution < 1.29 is 0 Å². The molecule has 0 atom stereocenters. The molecule has 1 aromatic rings. The zero-order valence-corrected chi connectivity index (χ0v) is 10.4. The van der Waals surface area contributed by atoms with Crippen molar-refractivity contribution in [1.29, 1.82) is 0 Å². The molecule has 0 aromatic heterocycles. The molecule has 0 saturated heterocycles. The fourth-order valence-electron chi connectivity index (χ4n) is 2.11. The van der Waals surface area contributed by atoms with Crippen LogP contribution in [0.2, 0.25) is 0 Å². The number of anilines is 1. The van der Waals surface area contributed by atoms with Crippen molar-refractivity contribution in [2.24, 2.45) is 0 Å². The minimum absolute atomic E-state index is 0.707. The first-order valence-corrected chi connectivity index (χ1v) is 6.32. The van der Waals surface area contributed by atoms with Gasteiger partial charge in [-0.05, 0) is 36.6 Å². The molecule has 0 aliphatic heterocycles. The Labute approximate surface area is 99.4 Å². The second-order valence-electron chi connectivity index (χ2n) is 4.21. The van der Waals surface area contributed by atoms with E-state index < -0.39 is 0 Å². The van der Waals surface area contributed by atoms with Crippen LogP contribution in [0.1, 0.15) is 31.2 Å². The lowest BCUT2D eigenvalue weighted by Crippen LogP contribution is -2.25. The van der Waals surface area contributed by atoms with Gasteiger partial charge in [-0.15, -0.1) is 0 Å². The fraction of sp³-hybridized carbons (Fsp3) is 0.500. The van der Waals surface area contributed by atoms with Crippen LogP contribution in [0.3, 0.4) is 0 Å². The Balaban J connectivity index is 1.94. The van der Waals surface area contributed by atoms with Gasteiger partial charge in [-0.1, -0.05) is 28.8 Å². The summed E-state index contributed by atoms with van der Waals surface area (Å²) in [4.78, 5) is 0. The average molecular weight is 269 g/mol. The third-order valence-corrected chi connectivity index (χ3v) is 3.78. The van der Waals surface area contributed by atoms with E-state index in [4.69, 9.17) is 5.73 Å².